The summed E-state index contributed by atoms with van der Waals surface area (Å²) in [4.78, 5) is 14.3. The molecule has 78 valence electrons. The lowest BCUT2D eigenvalue weighted by Crippen LogP contribution is -2.09. The second-order valence-electron chi connectivity index (χ2n) is 4.47. The average molecular weight is 203 g/mol. The number of aromatic amines is 1. The molecule has 0 spiro atoms. The minimum Gasteiger partial charge on any atom is -0.282 e. The Bertz CT molecular complexity index is 439. The lowest BCUT2D eigenvalue weighted by molar-refractivity contribution is 0.554. The van der Waals surface area contributed by atoms with Gasteiger partial charge in [-0.3, -0.25) is 5.10 Å². The first-order valence-corrected chi connectivity index (χ1v) is 5.51. The lowest BCUT2D eigenvalue weighted by Gasteiger charge is -2.13. The van der Waals surface area contributed by atoms with Crippen LogP contribution in [0, 0.1) is 0 Å². The van der Waals surface area contributed by atoms with Gasteiger partial charge in [0.15, 0.2) is 0 Å². The molecule has 0 bridgehead atoms. The lowest BCUT2D eigenvalue weighted by atomic mass is 9.93. The first-order chi connectivity index (χ1) is 7.36. The summed E-state index contributed by atoms with van der Waals surface area (Å²) in [6, 6.07) is 0. The summed E-state index contributed by atoms with van der Waals surface area (Å²) in [7, 11) is 0. The highest BCUT2D eigenvalue weighted by molar-refractivity contribution is 5.43. The van der Waals surface area contributed by atoms with E-state index in [4.69, 9.17) is 0 Å². The molecule has 1 fully saturated rings. The van der Waals surface area contributed by atoms with Crippen molar-refractivity contribution in [3.8, 4) is 0 Å². The first kappa shape index (κ1) is 8.86. The van der Waals surface area contributed by atoms with Gasteiger partial charge in [-0.05, 0) is 44.1 Å². The molecule has 0 atom stereocenters. The molecule has 0 aromatic carbocycles. The number of hydrogen-bond acceptors (Lipinski definition) is 3. The second kappa shape index (κ2) is 3.04. The predicted molar refractivity (Wildman–Crippen MR) is 54.3 cm³/mol. The molecule has 3 rings (SSSR count). The third-order valence-corrected chi connectivity index (χ3v) is 3.48. The Labute approximate surface area is 87.8 Å². The zero-order chi connectivity index (χ0) is 10.3. The van der Waals surface area contributed by atoms with Gasteiger partial charge < -0.3 is 0 Å². The van der Waals surface area contributed by atoms with Crippen LogP contribution in [-0.2, 0) is 23.2 Å². The molecule has 2 aliphatic rings. The van der Waals surface area contributed by atoms with Crippen LogP contribution in [0.3, 0.4) is 0 Å². The summed E-state index contributed by atoms with van der Waals surface area (Å²) < 4.78 is 0. The third kappa shape index (κ3) is 1.25. The smallest absolute Gasteiger partial charge is 0.235 e. The first-order valence-electron chi connectivity index (χ1n) is 5.51. The molecule has 4 heteroatoms. The molecule has 4 nitrogen and oxygen atoms in total. The second-order valence-corrected chi connectivity index (χ2v) is 4.47. The Hall–Kier alpha value is -1.41. The Balaban J connectivity index is 2.05. The van der Waals surface area contributed by atoms with E-state index >= 15 is 0 Å². The fraction of sp³-hybridized carbons (Fsp3) is 0.636. The number of isocyanates is 1. The van der Waals surface area contributed by atoms with Crippen LogP contribution in [-0.4, -0.2) is 16.3 Å². The van der Waals surface area contributed by atoms with E-state index in [9.17, 15) is 4.79 Å². The molecule has 1 heterocycles. The van der Waals surface area contributed by atoms with E-state index in [0.717, 1.165) is 31.4 Å². The van der Waals surface area contributed by atoms with Crippen LogP contribution in [0.1, 0.15) is 42.6 Å². The number of aliphatic imine (C=N–C) groups is 1. The van der Waals surface area contributed by atoms with Gasteiger partial charge in [0.2, 0.25) is 6.08 Å². The molecule has 1 saturated carbocycles. The number of H-pyrrole nitrogens is 1. The number of carbonyl (C=O) groups excluding carboxylic acids is 1. The van der Waals surface area contributed by atoms with E-state index in [1.165, 1.54) is 24.1 Å². The fourth-order valence-electron chi connectivity index (χ4n) is 2.47. The molecule has 0 unspecified atom stereocenters. The van der Waals surface area contributed by atoms with E-state index in [1.807, 2.05) is 0 Å². The number of nitrogens with zero attached hydrogens (tertiary/aromatic N) is 2. The SMILES string of the molecule is O=C=NC1(c2n[nH]c3c2CCCC3)CC1. The van der Waals surface area contributed by atoms with Gasteiger partial charge in [-0.15, -0.1) is 0 Å². The van der Waals surface area contributed by atoms with Crippen molar-refractivity contribution < 1.29 is 4.79 Å². The fourth-order valence-corrected chi connectivity index (χ4v) is 2.47. The molecule has 1 aromatic rings. The van der Waals surface area contributed by atoms with E-state index < -0.39 is 0 Å². The zero-order valence-electron chi connectivity index (χ0n) is 8.55. The highest BCUT2D eigenvalue weighted by atomic mass is 16.1. The van der Waals surface area contributed by atoms with Crippen molar-refractivity contribution in [3.05, 3.63) is 17.0 Å². The van der Waals surface area contributed by atoms with E-state index in [2.05, 4.69) is 15.2 Å². The van der Waals surface area contributed by atoms with Gasteiger partial charge in [0.25, 0.3) is 0 Å². The Morgan fingerprint density at radius 1 is 1.33 bits per heavy atom. The van der Waals surface area contributed by atoms with Gasteiger partial charge in [-0.2, -0.15) is 10.1 Å². The van der Waals surface area contributed by atoms with E-state index in [0.29, 0.717) is 0 Å². The van der Waals surface area contributed by atoms with Crippen LogP contribution in [0.25, 0.3) is 0 Å². The molecule has 15 heavy (non-hydrogen) atoms. The van der Waals surface area contributed by atoms with Crippen molar-refractivity contribution in [2.45, 2.75) is 44.1 Å². The number of nitrogens with one attached hydrogen (secondary N) is 1. The maximum Gasteiger partial charge on any atom is 0.235 e. The normalized spacial score (nSPS) is 21.6. The third-order valence-electron chi connectivity index (χ3n) is 3.48. The molecule has 0 aliphatic heterocycles. The molecule has 0 saturated heterocycles. The van der Waals surface area contributed by atoms with Crippen molar-refractivity contribution in [2.75, 3.05) is 0 Å². The number of rotatable bonds is 2. The van der Waals surface area contributed by atoms with Gasteiger partial charge in [0, 0.05) is 5.69 Å². The molecule has 1 N–H and O–H groups in total. The van der Waals surface area contributed by atoms with Gasteiger partial charge in [0.1, 0.15) is 5.54 Å². The van der Waals surface area contributed by atoms with Gasteiger partial charge in [-0.25, -0.2) is 4.79 Å². The van der Waals surface area contributed by atoms with Crippen LogP contribution >= 0.6 is 0 Å². The molecular weight excluding hydrogens is 190 g/mol. The quantitative estimate of drug-likeness (QED) is 0.586. The van der Waals surface area contributed by atoms with E-state index in [-0.39, 0.29) is 5.54 Å². The highest BCUT2D eigenvalue weighted by Gasteiger charge is 2.48. The van der Waals surface area contributed by atoms with Gasteiger partial charge in [-0.1, -0.05) is 0 Å². The number of aryl methyl sites for hydroxylation is 1. The highest BCUT2D eigenvalue weighted by Crippen LogP contribution is 2.50. The summed E-state index contributed by atoms with van der Waals surface area (Å²) >= 11 is 0. The number of hydrogen-bond donors (Lipinski definition) is 1. The van der Waals surface area contributed by atoms with Crippen LogP contribution in [0.15, 0.2) is 4.99 Å². The summed E-state index contributed by atoms with van der Waals surface area (Å²) in [6.45, 7) is 0. The van der Waals surface area contributed by atoms with Crippen molar-refractivity contribution >= 4 is 6.08 Å². The maximum absolute atomic E-state index is 10.4. The van der Waals surface area contributed by atoms with Crippen molar-refractivity contribution in [2.24, 2.45) is 4.99 Å². The Morgan fingerprint density at radius 2 is 2.13 bits per heavy atom. The molecule has 0 amide bonds. The minimum absolute atomic E-state index is 0.302. The summed E-state index contributed by atoms with van der Waals surface area (Å²) in [5.74, 6) is 0. The van der Waals surface area contributed by atoms with Gasteiger partial charge in [0.05, 0.1) is 5.69 Å². The summed E-state index contributed by atoms with van der Waals surface area (Å²) in [6.07, 6.45) is 8.20. The summed E-state index contributed by atoms with van der Waals surface area (Å²) in [5.41, 5.74) is 3.28. The molecule has 0 radical (unpaired) electrons. The number of fused-ring (bicyclic) bond motifs is 1. The van der Waals surface area contributed by atoms with Crippen LogP contribution in [0.2, 0.25) is 0 Å². The molecular formula is C11H13N3O. The van der Waals surface area contributed by atoms with Crippen LogP contribution in [0.4, 0.5) is 0 Å². The molecule has 2 aliphatic carbocycles. The maximum atomic E-state index is 10.4. The standard InChI is InChI=1S/C11H13N3O/c15-7-12-11(5-6-11)10-8-3-1-2-4-9(8)13-14-10/h1-6H2,(H,13,14). The van der Waals surface area contributed by atoms with Crippen molar-refractivity contribution in [1.82, 2.24) is 10.2 Å². The average Bonchev–Trinajstić information content (AvgIpc) is 2.91. The van der Waals surface area contributed by atoms with Crippen LogP contribution < -0.4 is 0 Å². The monoisotopic (exact) mass is 203 g/mol. The van der Waals surface area contributed by atoms with E-state index in [1.54, 1.807) is 6.08 Å². The molecule has 1 aromatic heterocycles. The summed E-state index contributed by atoms with van der Waals surface area (Å²) in [5, 5.41) is 7.44. The zero-order valence-corrected chi connectivity index (χ0v) is 8.55. The predicted octanol–water partition coefficient (Wildman–Crippen LogP) is 1.61. The van der Waals surface area contributed by atoms with Crippen LogP contribution in [0.5, 0.6) is 0 Å². The largest absolute Gasteiger partial charge is 0.282 e. The van der Waals surface area contributed by atoms with Gasteiger partial charge >= 0.3 is 0 Å². The minimum atomic E-state index is -0.302. The Morgan fingerprint density at radius 3 is 2.87 bits per heavy atom. The number of aromatic nitrogens is 2. The Kier molecular flexibility index (Phi) is 1.80. The van der Waals surface area contributed by atoms with Crippen molar-refractivity contribution in [1.29, 1.82) is 0 Å². The van der Waals surface area contributed by atoms with Crippen molar-refractivity contribution in [3.63, 3.8) is 0 Å². The topological polar surface area (TPSA) is 58.1 Å².